The molecule has 2 saturated carbocycles. The fourth-order valence-corrected chi connectivity index (χ4v) is 4.06. The third-order valence-electron chi connectivity index (χ3n) is 5.09. The van der Waals surface area contributed by atoms with Crippen molar-refractivity contribution in [1.82, 2.24) is 0 Å². The van der Waals surface area contributed by atoms with Crippen LogP contribution < -0.4 is 0 Å². The summed E-state index contributed by atoms with van der Waals surface area (Å²) >= 11 is 0. The van der Waals surface area contributed by atoms with E-state index in [0.717, 1.165) is 23.7 Å². The van der Waals surface area contributed by atoms with E-state index in [9.17, 15) is 5.11 Å². The Bertz CT molecular complexity index is 339. The number of allylic oxidation sites excluding steroid dienone is 3. The van der Waals surface area contributed by atoms with Gasteiger partial charge in [0.2, 0.25) is 0 Å². The number of aliphatic hydroxyl groups excluding tert-OH is 1. The Morgan fingerprint density at radius 3 is 3.00 bits per heavy atom. The van der Waals surface area contributed by atoms with Gasteiger partial charge in [-0.2, -0.15) is 0 Å². The molecule has 0 spiro atoms. The molecule has 1 N–H and O–H groups in total. The third kappa shape index (κ3) is 1.48. The van der Waals surface area contributed by atoms with Gasteiger partial charge in [-0.1, -0.05) is 30.7 Å². The largest absolute Gasteiger partial charge is 0.393 e. The number of rotatable bonds is 2. The van der Waals surface area contributed by atoms with Gasteiger partial charge >= 0.3 is 0 Å². The van der Waals surface area contributed by atoms with Crippen molar-refractivity contribution in [2.24, 2.45) is 29.6 Å². The second-order valence-electron chi connectivity index (χ2n) is 6.05. The van der Waals surface area contributed by atoms with Crippen molar-refractivity contribution < 1.29 is 5.11 Å². The van der Waals surface area contributed by atoms with Crippen LogP contribution in [0.4, 0.5) is 0 Å². The summed E-state index contributed by atoms with van der Waals surface area (Å²) in [5.41, 5.74) is 1.66. The lowest BCUT2D eigenvalue weighted by molar-refractivity contribution is 0.156. The fourth-order valence-electron chi connectivity index (χ4n) is 4.06. The van der Waals surface area contributed by atoms with Crippen molar-refractivity contribution in [3.8, 4) is 0 Å². The Balaban J connectivity index is 1.77. The molecule has 0 heterocycles. The van der Waals surface area contributed by atoms with E-state index < -0.39 is 0 Å². The van der Waals surface area contributed by atoms with Crippen molar-refractivity contribution in [3.63, 3.8) is 0 Å². The van der Waals surface area contributed by atoms with Crippen LogP contribution in [0.25, 0.3) is 0 Å². The minimum Gasteiger partial charge on any atom is -0.393 e. The van der Waals surface area contributed by atoms with Gasteiger partial charge in [0.1, 0.15) is 0 Å². The molecule has 6 atom stereocenters. The van der Waals surface area contributed by atoms with Gasteiger partial charge in [-0.25, -0.2) is 0 Å². The summed E-state index contributed by atoms with van der Waals surface area (Å²) < 4.78 is 0. The van der Waals surface area contributed by atoms with Crippen molar-refractivity contribution in [2.45, 2.75) is 39.2 Å². The van der Waals surface area contributed by atoms with Gasteiger partial charge in [-0.05, 0) is 55.8 Å². The van der Waals surface area contributed by atoms with Crippen LogP contribution in [0.1, 0.15) is 33.1 Å². The fraction of sp³-hybridized carbons (Fsp3) is 0.733. The van der Waals surface area contributed by atoms with Crippen LogP contribution >= 0.6 is 0 Å². The van der Waals surface area contributed by atoms with Gasteiger partial charge < -0.3 is 5.11 Å². The van der Waals surface area contributed by atoms with Gasteiger partial charge in [0.25, 0.3) is 0 Å². The molecule has 0 aromatic carbocycles. The van der Waals surface area contributed by atoms with E-state index in [0.29, 0.717) is 5.92 Å². The Hall–Kier alpha value is -0.560. The third-order valence-corrected chi connectivity index (χ3v) is 5.09. The van der Waals surface area contributed by atoms with E-state index in [-0.39, 0.29) is 6.10 Å². The number of hydrogen-bond donors (Lipinski definition) is 1. The maximum atomic E-state index is 9.58. The highest BCUT2D eigenvalue weighted by molar-refractivity contribution is 5.26. The molecule has 0 saturated heterocycles. The summed E-state index contributed by atoms with van der Waals surface area (Å²) in [5, 5.41) is 9.58. The molecule has 1 heteroatoms. The topological polar surface area (TPSA) is 20.2 Å². The predicted molar refractivity (Wildman–Crippen MR) is 65.9 cm³/mol. The summed E-state index contributed by atoms with van der Waals surface area (Å²) in [4.78, 5) is 0. The van der Waals surface area contributed by atoms with Crippen LogP contribution in [0.15, 0.2) is 23.8 Å². The van der Waals surface area contributed by atoms with Crippen LogP contribution in [-0.2, 0) is 0 Å². The molecule has 6 unspecified atom stereocenters. The Labute approximate surface area is 98.2 Å². The van der Waals surface area contributed by atoms with E-state index in [2.05, 4.69) is 25.2 Å². The standard InChI is InChI=1S/C15H22O/c1-9(10(2)16)6-11-7-12-8-15(11)14-5-3-4-13(12)14/h3-4,6,9-10,12-16H,5,7-8H2,1-2H3/b11-6-. The lowest BCUT2D eigenvalue weighted by atomic mass is 9.77. The predicted octanol–water partition coefficient (Wildman–Crippen LogP) is 3.16. The van der Waals surface area contributed by atoms with Gasteiger partial charge in [0.15, 0.2) is 0 Å². The highest BCUT2D eigenvalue weighted by Crippen LogP contribution is 2.58. The number of hydrogen-bond acceptors (Lipinski definition) is 1. The number of aliphatic hydroxyl groups is 1. The molecular weight excluding hydrogens is 196 g/mol. The Morgan fingerprint density at radius 2 is 2.25 bits per heavy atom. The zero-order valence-electron chi connectivity index (χ0n) is 10.3. The van der Waals surface area contributed by atoms with Crippen LogP contribution in [0, 0.1) is 29.6 Å². The van der Waals surface area contributed by atoms with Crippen molar-refractivity contribution in [2.75, 3.05) is 0 Å². The summed E-state index contributed by atoms with van der Waals surface area (Å²) in [6.45, 7) is 4.03. The second kappa shape index (κ2) is 3.73. The molecule has 88 valence electrons. The van der Waals surface area contributed by atoms with Gasteiger partial charge in [-0.3, -0.25) is 0 Å². The SMILES string of the molecule is CC(O)C(C)/C=C1/CC2CC1C1CC=CC21. The van der Waals surface area contributed by atoms with Crippen LogP contribution in [0.5, 0.6) is 0 Å². The summed E-state index contributed by atoms with van der Waals surface area (Å²) in [7, 11) is 0. The van der Waals surface area contributed by atoms with E-state index in [1.165, 1.54) is 19.3 Å². The molecule has 3 aliphatic carbocycles. The van der Waals surface area contributed by atoms with E-state index in [1.807, 2.05) is 6.92 Å². The van der Waals surface area contributed by atoms with Gasteiger partial charge in [0.05, 0.1) is 6.10 Å². The molecule has 16 heavy (non-hydrogen) atoms. The molecule has 0 aromatic heterocycles. The van der Waals surface area contributed by atoms with Gasteiger partial charge in [-0.15, -0.1) is 0 Å². The zero-order valence-corrected chi connectivity index (χ0v) is 10.3. The lowest BCUT2D eigenvalue weighted by Gasteiger charge is -2.27. The van der Waals surface area contributed by atoms with Crippen LogP contribution in [-0.4, -0.2) is 11.2 Å². The Kier molecular flexibility index (Phi) is 2.47. The lowest BCUT2D eigenvalue weighted by Crippen LogP contribution is -2.20. The summed E-state index contributed by atoms with van der Waals surface area (Å²) in [6, 6.07) is 0. The first-order chi connectivity index (χ1) is 7.66. The molecule has 0 aromatic rings. The van der Waals surface area contributed by atoms with E-state index in [4.69, 9.17) is 0 Å². The molecule has 1 nitrogen and oxygen atoms in total. The normalized spacial score (nSPS) is 46.3. The van der Waals surface area contributed by atoms with Gasteiger partial charge in [0, 0.05) is 0 Å². The van der Waals surface area contributed by atoms with Crippen LogP contribution in [0.2, 0.25) is 0 Å². The second-order valence-corrected chi connectivity index (χ2v) is 6.05. The first kappa shape index (κ1) is 10.6. The molecule has 0 amide bonds. The molecular formula is C15H22O. The monoisotopic (exact) mass is 218 g/mol. The molecule has 0 aliphatic heterocycles. The first-order valence-corrected chi connectivity index (χ1v) is 6.72. The van der Waals surface area contributed by atoms with Crippen molar-refractivity contribution in [1.29, 1.82) is 0 Å². The summed E-state index contributed by atoms with van der Waals surface area (Å²) in [6.07, 6.45) is 11.0. The minimum absolute atomic E-state index is 0.205. The smallest absolute Gasteiger partial charge is 0.0572 e. The maximum absolute atomic E-state index is 9.58. The van der Waals surface area contributed by atoms with Crippen molar-refractivity contribution >= 4 is 0 Å². The van der Waals surface area contributed by atoms with Crippen molar-refractivity contribution in [3.05, 3.63) is 23.8 Å². The van der Waals surface area contributed by atoms with Crippen LogP contribution in [0.3, 0.4) is 0 Å². The van der Waals surface area contributed by atoms with E-state index in [1.54, 1.807) is 5.57 Å². The zero-order chi connectivity index (χ0) is 11.3. The molecule has 2 fully saturated rings. The average Bonchev–Trinajstić information content (AvgIpc) is 2.87. The highest BCUT2D eigenvalue weighted by Gasteiger charge is 2.49. The summed E-state index contributed by atoms with van der Waals surface area (Å²) in [5.74, 6) is 3.88. The molecule has 0 radical (unpaired) electrons. The van der Waals surface area contributed by atoms with E-state index >= 15 is 0 Å². The quantitative estimate of drug-likeness (QED) is 0.706. The molecule has 2 bridgehead atoms. The maximum Gasteiger partial charge on any atom is 0.0572 e. The number of fused-ring (bicyclic) bond motifs is 5. The highest BCUT2D eigenvalue weighted by atomic mass is 16.3. The Morgan fingerprint density at radius 1 is 1.44 bits per heavy atom. The minimum atomic E-state index is -0.205. The average molecular weight is 218 g/mol. The first-order valence-electron chi connectivity index (χ1n) is 6.72. The molecule has 3 aliphatic rings. The molecule has 3 rings (SSSR count).